The van der Waals surface area contributed by atoms with Gasteiger partial charge in [-0.2, -0.15) is 0 Å². The summed E-state index contributed by atoms with van der Waals surface area (Å²) < 4.78 is 55.1. The summed E-state index contributed by atoms with van der Waals surface area (Å²) in [6.45, 7) is 1.82. The Hall–Kier alpha value is -4.24. The fourth-order valence-corrected chi connectivity index (χ4v) is 6.03. The first-order valence-electron chi connectivity index (χ1n) is 14.3. The van der Waals surface area contributed by atoms with Crippen LogP contribution in [-0.2, 0) is 4.79 Å². The number of rotatable bonds is 8. The zero-order valence-corrected chi connectivity index (χ0v) is 23.8. The number of ketones is 1. The Morgan fingerprint density at radius 3 is 2.02 bits per heavy atom. The van der Waals surface area contributed by atoms with Crippen LogP contribution >= 0.6 is 0 Å². The summed E-state index contributed by atoms with van der Waals surface area (Å²) in [5.74, 6) is -5.50. The molecule has 0 aromatic heterocycles. The number of likely N-dealkylation sites (tertiary alicyclic amines) is 1. The third-order valence-electron chi connectivity index (χ3n) is 8.32. The van der Waals surface area contributed by atoms with E-state index in [4.69, 9.17) is 5.73 Å². The van der Waals surface area contributed by atoms with Crippen molar-refractivity contribution in [3.8, 4) is 0 Å². The lowest BCUT2D eigenvalue weighted by atomic mass is 9.75. The molecule has 1 atom stereocenters. The van der Waals surface area contributed by atoms with E-state index in [0.29, 0.717) is 28.3 Å². The van der Waals surface area contributed by atoms with Crippen LogP contribution in [-0.4, -0.2) is 42.8 Å². The quantitative estimate of drug-likeness (QED) is 0.222. The van der Waals surface area contributed by atoms with E-state index in [2.05, 4.69) is 17.3 Å². The summed E-state index contributed by atoms with van der Waals surface area (Å²) in [5, 5.41) is 3.44. The Balaban J connectivity index is 1.51. The third kappa shape index (κ3) is 7.05. The van der Waals surface area contributed by atoms with Gasteiger partial charge >= 0.3 is 0 Å². The largest absolute Gasteiger partial charge is 0.385 e. The van der Waals surface area contributed by atoms with Crippen molar-refractivity contribution in [1.82, 2.24) is 4.90 Å². The minimum atomic E-state index is -1.05. The number of nitrogens with one attached hydrogen (secondary N) is 1. The van der Waals surface area contributed by atoms with E-state index in [-0.39, 0.29) is 29.8 Å². The molecule has 1 amide bonds. The number of allylic oxidation sites excluding steroid dienone is 2. The van der Waals surface area contributed by atoms with Gasteiger partial charge in [0, 0.05) is 35.0 Å². The van der Waals surface area contributed by atoms with Gasteiger partial charge in [0.2, 0.25) is 5.91 Å². The summed E-state index contributed by atoms with van der Waals surface area (Å²) in [7, 11) is 2.12. The maximum absolute atomic E-state index is 14.0. The van der Waals surface area contributed by atoms with Crippen LogP contribution in [0.1, 0.15) is 65.1 Å². The summed E-state index contributed by atoms with van der Waals surface area (Å²) >= 11 is 0. The molecule has 0 radical (unpaired) electrons. The highest BCUT2D eigenvalue weighted by Gasteiger charge is 2.31. The molecule has 5 nitrogen and oxygen atoms in total. The van der Waals surface area contributed by atoms with Crippen LogP contribution in [0, 0.1) is 23.3 Å². The van der Waals surface area contributed by atoms with Crippen molar-refractivity contribution in [3.05, 3.63) is 111 Å². The molecule has 43 heavy (non-hydrogen) atoms. The molecule has 1 saturated heterocycles. The fourth-order valence-electron chi connectivity index (χ4n) is 6.03. The highest BCUT2D eigenvalue weighted by molar-refractivity contribution is 6.14. The second-order valence-corrected chi connectivity index (χ2v) is 11.3. The second kappa shape index (κ2) is 13.0. The molecule has 1 aliphatic carbocycles. The lowest BCUT2D eigenvalue weighted by Crippen LogP contribution is -2.27. The van der Waals surface area contributed by atoms with Gasteiger partial charge in [-0.15, -0.1) is 0 Å². The highest BCUT2D eigenvalue weighted by Crippen LogP contribution is 2.41. The summed E-state index contributed by atoms with van der Waals surface area (Å²) in [6.07, 6.45) is 6.66. The number of amides is 1. The lowest BCUT2D eigenvalue weighted by Gasteiger charge is -2.28. The number of nitrogens with two attached hydrogens (primary N) is 1. The molecule has 1 saturated carbocycles. The molecular formula is C34H33F4N3O2. The van der Waals surface area contributed by atoms with Crippen LogP contribution in [0.5, 0.6) is 0 Å². The van der Waals surface area contributed by atoms with Gasteiger partial charge in [-0.3, -0.25) is 9.59 Å². The Morgan fingerprint density at radius 2 is 1.51 bits per heavy atom. The summed E-state index contributed by atoms with van der Waals surface area (Å²) in [6, 6.07) is 12.5. The van der Waals surface area contributed by atoms with Gasteiger partial charge in [0.25, 0.3) is 0 Å². The molecule has 3 N–H and O–H groups in total. The van der Waals surface area contributed by atoms with Crippen molar-refractivity contribution in [2.24, 2.45) is 5.73 Å². The number of halogens is 4. The molecule has 3 aromatic rings. The zero-order chi connectivity index (χ0) is 30.7. The average Bonchev–Trinajstić information content (AvgIpc) is 3.38. The van der Waals surface area contributed by atoms with E-state index in [1.807, 2.05) is 6.07 Å². The number of primary amides is 1. The normalized spacial score (nSPS) is 21.1. The van der Waals surface area contributed by atoms with E-state index >= 15 is 0 Å². The summed E-state index contributed by atoms with van der Waals surface area (Å²) in [5.41, 5.74) is 8.68. The van der Waals surface area contributed by atoms with Gasteiger partial charge in [0.05, 0.1) is 0 Å². The van der Waals surface area contributed by atoms with Gasteiger partial charge in [-0.1, -0.05) is 12.1 Å². The Labute approximate surface area is 248 Å². The molecule has 9 heteroatoms. The first-order valence-corrected chi connectivity index (χ1v) is 14.3. The van der Waals surface area contributed by atoms with Crippen molar-refractivity contribution in [3.63, 3.8) is 0 Å². The maximum Gasteiger partial charge on any atom is 0.248 e. The molecule has 1 heterocycles. The molecule has 224 valence electrons. The van der Waals surface area contributed by atoms with Gasteiger partial charge in [-0.25, -0.2) is 17.6 Å². The molecule has 3 aromatic carbocycles. The van der Waals surface area contributed by atoms with E-state index < -0.39 is 35.1 Å². The first-order chi connectivity index (χ1) is 20.6. The number of carbonyl (C=O) groups is 2. The third-order valence-corrected chi connectivity index (χ3v) is 8.32. The van der Waals surface area contributed by atoms with Crippen LogP contribution < -0.4 is 11.1 Å². The second-order valence-electron chi connectivity index (χ2n) is 11.3. The zero-order valence-electron chi connectivity index (χ0n) is 23.8. The highest BCUT2D eigenvalue weighted by atomic mass is 19.2. The average molecular weight is 592 g/mol. The van der Waals surface area contributed by atoms with Crippen molar-refractivity contribution in [1.29, 1.82) is 0 Å². The molecule has 2 aliphatic rings. The van der Waals surface area contributed by atoms with Gasteiger partial charge in [0.15, 0.2) is 29.1 Å². The first kappa shape index (κ1) is 30.2. The number of nitrogens with zero attached hydrogens (tertiary/aromatic N) is 1. The Morgan fingerprint density at radius 1 is 0.907 bits per heavy atom. The van der Waals surface area contributed by atoms with E-state index in [9.17, 15) is 27.2 Å². The number of hydrogen-bond acceptors (Lipinski definition) is 4. The fraction of sp³-hybridized carbons (Fsp3) is 0.294. The summed E-state index contributed by atoms with van der Waals surface area (Å²) in [4.78, 5) is 28.5. The Kier molecular flexibility index (Phi) is 9.11. The number of hydrogen-bond donors (Lipinski definition) is 2. The maximum atomic E-state index is 14.0. The lowest BCUT2D eigenvalue weighted by molar-refractivity contribution is -0.113. The monoisotopic (exact) mass is 591 g/mol. The van der Waals surface area contributed by atoms with Crippen molar-refractivity contribution < 1.29 is 27.2 Å². The minimum Gasteiger partial charge on any atom is -0.385 e. The van der Waals surface area contributed by atoms with Crippen LogP contribution in [0.2, 0.25) is 0 Å². The number of Topliss-reactive ketones (excluding diaryl/α,β-unsaturated/α-hetero) is 1. The van der Waals surface area contributed by atoms with Gasteiger partial charge in [0.1, 0.15) is 0 Å². The molecule has 0 bridgehead atoms. The topological polar surface area (TPSA) is 75.4 Å². The SMILES string of the molecule is CN1CCCC1CCNc1ccc(C(N)=O)c(C2C/C(=C\c3ccc(F)c(F)c3)C(=O)/C(=C/c3ccc(F)c(F)c3)C2)c1. The number of carbonyl (C=O) groups excluding carboxylic acids is 2. The van der Waals surface area contributed by atoms with Crippen LogP contribution in [0.15, 0.2) is 65.7 Å². The van der Waals surface area contributed by atoms with E-state index in [1.54, 1.807) is 12.1 Å². The van der Waals surface area contributed by atoms with Gasteiger partial charge in [-0.05, 0) is 123 Å². The van der Waals surface area contributed by atoms with Crippen LogP contribution in [0.3, 0.4) is 0 Å². The number of anilines is 1. The molecule has 2 fully saturated rings. The molecule has 1 aliphatic heterocycles. The van der Waals surface area contributed by atoms with E-state index in [1.165, 1.54) is 30.7 Å². The van der Waals surface area contributed by atoms with Crippen LogP contribution in [0.4, 0.5) is 23.2 Å². The molecular weight excluding hydrogens is 558 g/mol. The predicted molar refractivity (Wildman–Crippen MR) is 159 cm³/mol. The van der Waals surface area contributed by atoms with Crippen LogP contribution in [0.25, 0.3) is 12.2 Å². The predicted octanol–water partition coefficient (Wildman–Crippen LogP) is 6.85. The molecule has 1 unspecified atom stereocenters. The molecule has 0 spiro atoms. The smallest absolute Gasteiger partial charge is 0.248 e. The standard InChI is InChI=1S/C34H33F4N3O2/c1-41-12-2-3-26(41)10-11-40-25-6-7-27(34(39)43)28(19-25)22-17-23(13-20-4-8-29(35)31(37)15-20)33(42)24(18-22)14-21-5-9-30(36)32(38)16-21/h4-9,13-16,19,22,26,40H,2-3,10-12,17-18H2,1H3,(H2,39,43)/b23-13+,24-14+. The van der Waals surface area contributed by atoms with Crippen molar-refractivity contribution in [2.45, 2.75) is 44.1 Å². The van der Waals surface area contributed by atoms with Crippen molar-refractivity contribution >= 4 is 29.5 Å². The van der Waals surface area contributed by atoms with Gasteiger partial charge < -0.3 is 16.0 Å². The molecule has 5 rings (SSSR count). The number of benzene rings is 3. The minimum absolute atomic E-state index is 0.198. The Bertz CT molecular complexity index is 1540. The van der Waals surface area contributed by atoms with E-state index in [0.717, 1.165) is 55.9 Å². The van der Waals surface area contributed by atoms with Crippen molar-refractivity contribution in [2.75, 3.05) is 25.5 Å².